The fourth-order valence-electron chi connectivity index (χ4n) is 1.83. The molecule has 3 N–H and O–H groups in total. The highest BCUT2D eigenvalue weighted by atomic mass is 79.9. The van der Waals surface area contributed by atoms with Gasteiger partial charge in [0.2, 0.25) is 10.0 Å². The van der Waals surface area contributed by atoms with Gasteiger partial charge in [0.1, 0.15) is 4.21 Å². The molecule has 2 atom stereocenters. The third kappa shape index (κ3) is 2.65. The Balaban J connectivity index is 2.14. The van der Waals surface area contributed by atoms with Crippen LogP contribution in [0.4, 0.5) is 0 Å². The first-order valence-electron chi connectivity index (χ1n) is 5.02. The van der Waals surface area contributed by atoms with Gasteiger partial charge in [0, 0.05) is 12.1 Å². The Hall–Kier alpha value is 0.0500. The highest BCUT2D eigenvalue weighted by Gasteiger charge is 2.29. The number of rotatable bonds is 3. The number of sulfonamides is 1. The maximum absolute atomic E-state index is 12.0. The van der Waals surface area contributed by atoms with Gasteiger partial charge in [-0.1, -0.05) is 6.42 Å². The molecule has 1 saturated carbocycles. The fraction of sp³-hybridized carbons (Fsp3) is 0.556. The topological polar surface area (TPSA) is 72.2 Å². The molecule has 0 saturated heterocycles. The van der Waals surface area contributed by atoms with Gasteiger partial charge < -0.3 is 5.73 Å². The van der Waals surface area contributed by atoms with E-state index in [4.69, 9.17) is 5.73 Å². The van der Waals surface area contributed by atoms with E-state index in [0.29, 0.717) is 4.21 Å². The second-order valence-corrected chi connectivity index (χ2v) is 8.28. The molecule has 1 heterocycles. The van der Waals surface area contributed by atoms with Crippen LogP contribution in [0.15, 0.2) is 20.1 Å². The molecular formula is C9H13BrN2O2S2. The molecule has 0 aliphatic heterocycles. The van der Waals surface area contributed by atoms with Crippen LogP contribution in [-0.2, 0) is 10.0 Å². The van der Waals surface area contributed by atoms with Crippen LogP contribution in [0.3, 0.4) is 0 Å². The number of halogens is 1. The van der Waals surface area contributed by atoms with Crippen molar-refractivity contribution in [1.82, 2.24) is 4.72 Å². The zero-order valence-corrected chi connectivity index (χ0v) is 11.7. The summed E-state index contributed by atoms with van der Waals surface area (Å²) < 4.78 is 27.8. The first kappa shape index (κ1) is 12.5. The maximum atomic E-state index is 12.0. The number of nitrogens with one attached hydrogen (secondary N) is 1. The second-order valence-electron chi connectivity index (χ2n) is 3.88. The van der Waals surface area contributed by atoms with Gasteiger partial charge in [0.25, 0.3) is 0 Å². The normalized spacial score (nSPS) is 26.1. The monoisotopic (exact) mass is 324 g/mol. The van der Waals surface area contributed by atoms with Crippen LogP contribution in [0.1, 0.15) is 19.3 Å². The molecular weight excluding hydrogens is 312 g/mol. The number of hydrogen-bond acceptors (Lipinski definition) is 4. The molecule has 0 aromatic carbocycles. The molecule has 1 fully saturated rings. The third-order valence-electron chi connectivity index (χ3n) is 2.69. The first-order valence-corrected chi connectivity index (χ1v) is 8.11. The highest BCUT2D eigenvalue weighted by Crippen LogP contribution is 2.27. The molecule has 2 rings (SSSR count). The van der Waals surface area contributed by atoms with Gasteiger partial charge in [-0.05, 0) is 40.9 Å². The molecule has 1 aliphatic rings. The molecule has 4 nitrogen and oxygen atoms in total. The molecule has 1 aliphatic carbocycles. The van der Waals surface area contributed by atoms with Crippen LogP contribution < -0.4 is 10.5 Å². The van der Waals surface area contributed by atoms with E-state index in [2.05, 4.69) is 20.7 Å². The lowest BCUT2D eigenvalue weighted by atomic mass is 10.2. The Labute approximate surface area is 107 Å². The fourth-order valence-corrected chi connectivity index (χ4v) is 5.18. The van der Waals surface area contributed by atoms with Crippen LogP contribution >= 0.6 is 27.3 Å². The summed E-state index contributed by atoms with van der Waals surface area (Å²) >= 11 is 4.46. The molecule has 0 radical (unpaired) electrons. The summed E-state index contributed by atoms with van der Waals surface area (Å²) in [6, 6.07) is 3.15. The molecule has 0 bridgehead atoms. The minimum atomic E-state index is -3.40. The summed E-state index contributed by atoms with van der Waals surface area (Å²) in [6.45, 7) is 0. The molecule has 0 spiro atoms. The van der Waals surface area contributed by atoms with Crippen LogP contribution in [0, 0.1) is 0 Å². The third-order valence-corrected chi connectivity index (χ3v) is 6.29. The first-order chi connectivity index (χ1) is 7.49. The average molecular weight is 325 g/mol. The molecule has 0 amide bonds. The molecule has 2 unspecified atom stereocenters. The number of hydrogen-bond donors (Lipinski definition) is 2. The van der Waals surface area contributed by atoms with Crippen molar-refractivity contribution in [2.45, 2.75) is 35.6 Å². The van der Waals surface area contributed by atoms with Crippen molar-refractivity contribution in [3.63, 3.8) is 0 Å². The largest absolute Gasteiger partial charge is 0.326 e. The van der Waals surface area contributed by atoms with Gasteiger partial charge in [-0.3, -0.25) is 0 Å². The van der Waals surface area contributed by atoms with Crippen molar-refractivity contribution < 1.29 is 8.42 Å². The molecule has 7 heteroatoms. The van der Waals surface area contributed by atoms with E-state index in [1.54, 1.807) is 12.1 Å². The summed E-state index contributed by atoms with van der Waals surface area (Å²) in [7, 11) is -3.40. The Kier molecular flexibility index (Phi) is 3.70. The Morgan fingerprint density at radius 2 is 2.19 bits per heavy atom. The summed E-state index contributed by atoms with van der Waals surface area (Å²) in [6.07, 6.45) is 2.71. The van der Waals surface area contributed by atoms with Crippen molar-refractivity contribution in [3.05, 3.63) is 15.9 Å². The Morgan fingerprint density at radius 3 is 2.69 bits per heavy atom. The predicted molar refractivity (Wildman–Crippen MR) is 68.0 cm³/mol. The standard InChI is InChI=1S/C9H13BrN2O2S2/c10-8-4-5-9(15-8)16(13,14)12-7-3-1-2-6(7)11/h4-7,12H,1-3,11H2. The van der Waals surface area contributed by atoms with E-state index in [-0.39, 0.29) is 12.1 Å². The molecule has 1 aromatic rings. The van der Waals surface area contributed by atoms with Crippen LogP contribution in [0.2, 0.25) is 0 Å². The Bertz CT molecular complexity index is 472. The highest BCUT2D eigenvalue weighted by molar-refractivity contribution is 9.11. The number of thiophene rings is 1. The minimum absolute atomic E-state index is 0.0572. The molecule has 90 valence electrons. The van der Waals surface area contributed by atoms with Crippen LogP contribution in [0.25, 0.3) is 0 Å². The van der Waals surface area contributed by atoms with Gasteiger partial charge in [-0.15, -0.1) is 11.3 Å². The molecule has 16 heavy (non-hydrogen) atoms. The van der Waals surface area contributed by atoms with Gasteiger partial charge in [0.05, 0.1) is 3.79 Å². The van der Waals surface area contributed by atoms with Crippen molar-refractivity contribution >= 4 is 37.3 Å². The van der Waals surface area contributed by atoms with Gasteiger partial charge in [-0.2, -0.15) is 0 Å². The predicted octanol–water partition coefficient (Wildman–Crippen LogP) is 1.67. The van der Waals surface area contributed by atoms with Crippen molar-refractivity contribution in [2.24, 2.45) is 5.73 Å². The second kappa shape index (κ2) is 4.73. The van der Waals surface area contributed by atoms with Crippen molar-refractivity contribution in [3.8, 4) is 0 Å². The van der Waals surface area contributed by atoms with Crippen molar-refractivity contribution in [1.29, 1.82) is 0 Å². The summed E-state index contributed by atoms with van der Waals surface area (Å²) in [5.74, 6) is 0. The van der Waals surface area contributed by atoms with E-state index >= 15 is 0 Å². The average Bonchev–Trinajstić information content (AvgIpc) is 2.77. The summed E-state index contributed by atoms with van der Waals surface area (Å²) in [4.78, 5) is 0. The summed E-state index contributed by atoms with van der Waals surface area (Å²) in [5.41, 5.74) is 5.84. The zero-order valence-electron chi connectivity index (χ0n) is 8.52. The smallest absolute Gasteiger partial charge is 0.250 e. The SMILES string of the molecule is NC1CCCC1NS(=O)(=O)c1ccc(Br)s1. The van der Waals surface area contributed by atoms with Gasteiger partial charge in [0.15, 0.2) is 0 Å². The van der Waals surface area contributed by atoms with E-state index in [1.165, 1.54) is 11.3 Å². The van der Waals surface area contributed by atoms with E-state index < -0.39 is 10.0 Å². The van der Waals surface area contributed by atoms with E-state index in [9.17, 15) is 8.42 Å². The Morgan fingerprint density at radius 1 is 1.44 bits per heavy atom. The lowest BCUT2D eigenvalue weighted by molar-refractivity contribution is 0.523. The summed E-state index contributed by atoms with van der Waals surface area (Å²) in [5, 5.41) is 0. The lowest BCUT2D eigenvalue weighted by Crippen LogP contribution is -2.43. The van der Waals surface area contributed by atoms with Crippen LogP contribution in [-0.4, -0.2) is 20.5 Å². The van der Waals surface area contributed by atoms with Gasteiger partial charge >= 0.3 is 0 Å². The number of nitrogens with two attached hydrogens (primary N) is 1. The van der Waals surface area contributed by atoms with E-state index in [0.717, 1.165) is 23.0 Å². The maximum Gasteiger partial charge on any atom is 0.250 e. The quantitative estimate of drug-likeness (QED) is 0.888. The molecule has 1 aromatic heterocycles. The lowest BCUT2D eigenvalue weighted by Gasteiger charge is -2.16. The minimum Gasteiger partial charge on any atom is -0.326 e. The van der Waals surface area contributed by atoms with Gasteiger partial charge in [-0.25, -0.2) is 13.1 Å². The van der Waals surface area contributed by atoms with Crippen LogP contribution in [0.5, 0.6) is 0 Å². The zero-order chi connectivity index (χ0) is 11.8. The van der Waals surface area contributed by atoms with Crippen molar-refractivity contribution in [2.75, 3.05) is 0 Å². The van der Waals surface area contributed by atoms with E-state index in [1.807, 2.05) is 0 Å².